The van der Waals surface area contributed by atoms with Gasteiger partial charge in [-0.15, -0.1) is 0 Å². The lowest BCUT2D eigenvalue weighted by molar-refractivity contribution is -0.161. The van der Waals surface area contributed by atoms with Gasteiger partial charge in [0.1, 0.15) is 18.2 Å². The Morgan fingerprint density at radius 3 is 2.57 bits per heavy atom. The minimum absolute atomic E-state index is 0.0813. The van der Waals surface area contributed by atoms with Gasteiger partial charge in [0.2, 0.25) is 18.6 Å². The lowest BCUT2D eigenvalue weighted by Crippen LogP contribution is -2.73. The van der Waals surface area contributed by atoms with E-state index in [-0.39, 0.29) is 31.1 Å². The van der Waals surface area contributed by atoms with Crippen molar-refractivity contribution in [2.24, 2.45) is 0 Å². The summed E-state index contributed by atoms with van der Waals surface area (Å²) in [4.78, 5) is 55.8. The fourth-order valence-electron chi connectivity index (χ4n) is 5.85. The van der Waals surface area contributed by atoms with Gasteiger partial charge < -0.3 is 34.6 Å². The van der Waals surface area contributed by atoms with Crippen LogP contribution in [0.1, 0.15) is 61.4 Å². The number of nitrogens with one attached hydrogen (secondary N) is 2. The number of piperazine rings is 1. The molecule has 0 saturated carbocycles. The number of alkyl carbamates (subject to hydrolysis) is 1. The van der Waals surface area contributed by atoms with E-state index in [1.165, 1.54) is 0 Å². The van der Waals surface area contributed by atoms with Gasteiger partial charge in [-0.25, -0.2) is 4.79 Å². The molecule has 0 radical (unpaired) electrons. The molecule has 224 valence electrons. The molecule has 1 spiro atoms. The highest BCUT2D eigenvalue weighted by molar-refractivity contribution is 6.00. The maximum absolute atomic E-state index is 13.6. The number of fused-ring (bicyclic) bond motifs is 1. The lowest BCUT2D eigenvalue weighted by Gasteiger charge is -2.51. The van der Waals surface area contributed by atoms with Crippen LogP contribution in [0.2, 0.25) is 0 Å². The van der Waals surface area contributed by atoms with Crippen LogP contribution in [0.5, 0.6) is 11.5 Å². The molecule has 11 nitrogen and oxygen atoms in total. The number of likely N-dealkylation sites (tertiary alicyclic amines) is 1. The van der Waals surface area contributed by atoms with E-state index in [1.807, 2.05) is 37.3 Å². The van der Waals surface area contributed by atoms with Crippen LogP contribution in [-0.2, 0) is 20.9 Å². The molecule has 2 fully saturated rings. The number of unbranched alkanes of at least 4 members (excludes halogenated alkanes) is 1. The molecule has 0 aliphatic carbocycles. The van der Waals surface area contributed by atoms with Gasteiger partial charge in [0.05, 0.1) is 0 Å². The van der Waals surface area contributed by atoms with E-state index in [0.717, 1.165) is 12.0 Å². The van der Waals surface area contributed by atoms with Crippen molar-refractivity contribution in [1.82, 2.24) is 20.4 Å². The number of piperidine rings is 1. The van der Waals surface area contributed by atoms with Crippen molar-refractivity contribution in [2.45, 2.75) is 63.6 Å². The Hall–Kier alpha value is -4.28. The number of ether oxygens (including phenoxy) is 3. The zero-order valence-electron chi connectivity index (χ0n) is 23.9. The van der Waals surface area contributed by atoms with Gasteiger partial charge in [-0.2, -0.15) is 0 Å². The van der Waals surface area contributed by atoms with Gasteiger partial charge in [-0.3, -0.25) is 14.4 Å². The Kier molecular flexibility index (Phi) is 9.14. The molecule has 3 aliphatic rings. The Bertz CT molecular complexity index is 1290. The molecule has 2 saturated heterocycles. The largest absolute Gasteiger partial charge is 0.454 e. The van der Waals surface area contributed by atoms with E-state index < -0.39 is 17.7 Å². The molecule has 2 aromatic rings. The lowest BCUT2D eigenvalue weighted by atomic mass is 9.81. The fraction of sp³-hybridized carbons (Fsp3) is 0.484. The first-order chi connectivity index (χ1) is 20.4. The van der Waals surface area contributed by atoms with Crippen molar-refractivity contribution in [3.63, 3.8) is 0 Å². The summed E-state index contributed by atoms with van der Waals surface area (Å²) in [5, 5.41) is 5.72. The molecule has 2 N–H and O–H groups in total. The molecular formula is C31H38N4O7. The molecule has 2 aromatic carbocycles. The van der Waals surface area contributed by atoms with Gasteiger partial charge >= 0.3 is 6.09 Å². The maximum Gasteiger partial charge on any atom is 0.407 e. The smallest absolute Gasteiger partial charge is 0.407 e. The number of benzene rings is 2. The second-order valence-corrected chi connectivity index (χ2v) is 10.9. The van der Waals surface area contributed by atoms with Crippen molar-refractivity contribution in [1.29, 1.82) is 0 Å². The number of carbonyl (C=O) groups excluding carboxylic acids is 4. The number of nitrogens with zero attached hydrogens (tertiary/aromatic N) is 2. The Labute approximate surface area is 245 Å². The van der Waals surface area contributed by atoms with Crippen LogP contribution in [0, 0.1) is 0 Å². The average Bonchev–Trinajstić information content (AvgIpc) is 3.49. The van der Waals surface area contributed by atoms with Crippen molar-refractivity contribution in [3.8, 4) is 11.5 Å². The molecule has 3 heterocycles. The third-order valence-corrected chi connectivity index (χ3v) is 8.16. The minimum Gasteiger partial charge on any atom is -0.454 e. The summed E-state index contributed by atoms with van der Waals surface area (Å²) in [7, 11) is 0. The maximum atomic E-state index is 13.6. The van der Waals surface area contributed by atoms with Gasteiger partial charge in [0.25, 0.3) is 5.91 Å². The molecule has 3 aliphatic heterocycles. The second kappa shape index (κ2) is 13.1. The zero-order chi connectivity index (χ0) is 29.5. The number of carbonyl (C=O) groups is 4. The van der Waals surface area contributed by atoms with Gasteiger partial charge in [-0.1, -0.05) is 37.3 Å². The average molecular weight is 579 g/mol. The quantitative estimate of drug-likeness (QED) is 0.415. The van der Waals surface area contributed by atoms with Gasteiger partial charge in [-0.05, 0) is 62.3 Å². The monoisotopic (exact) mass is 578 g/mol. The summed E-state index contributed by atoms with van der Waals surface area (Å²) in [5.41, 5.74) is 0.457. The zero-order valence-corrected chi connectivity index (χ0v) is 23.9. The molecule has 1 atom stereocenters. The number of amides is 4. The van der Waals surface area contributed by atoms with Crippen LogP contribution in [0.3, 0.4) is 0 Å². The number of hydrogen-bond donors (Lipinski definition) is 2. The third-order valence-electron chi connectivity index (χ3n) is 8.16. The van der Waals surface area contributed by atoms with E-state index in [9.17, 15) is 19.2 Å². The van der Waals surface area contributed by atoms with Gasteiger partial charge in [0.15, 0.2) is 11.5 Å². The number of rotatable bonds is 10. The Balaban J connectivity index is 1.10. The first-order valence-corrected chi connectivity index (χ1v) is 14.7. The normalized spacial score (nSPS) is 19.0. The highest BCUT2D eigenvalue weighted by Crippen LogP contribution is 2.36. The van der Waals surface area contributed by atoms with Crippen molar-refractivity contribution in [2.75, 3.05) is 33.0 Å². The Morgan fingerprint density at radius 1 is 1.05 bits per heavy atom. The highest BCUT2D eigenvalue weighted by Gasteiger charge is 2.53. The molecular weight excluding hydrogens is 540 g/mol. The highest BCUT2D eigenvalue weighted by atomic mass is 16.7. The second-order valence-electron chi connectivity index (χ2n) is 10.9. The van der Waals surface area contributed by atoms with Gasteiger partial charge in [0, 0.05) is 31.7 Å². The van der Waals surface area contributed by atoms with Crippen molar-refractivity contribution < 1.29 is 33.4 Å². The first-order valence-electron chi connectivity index (χ1n) is 14.7. The number of hydrogen-bond acceptors (Lipinski definition) is 7. The van der Waals surface area contributed by atoms with Crippen LogP contribution in [-0.4, -0.2) is 78.2 Å². The van der Waals surface area contributed by atoms with E-state index in [1.54, 1.807) is 28.0 Å². The van der Waals surface area contributed by atoms with Crippen LogP contribution in [0.4, 0.5) is 4.79 Å². The summed E-state index contributed by atoms with van der Waals surface area (Å²) in [5.74, 6) is 0.790. The minimum atomic E-state index is -0.959. The van der Waals surface area contributed by atoms with E-state index in [2.05, 4.69) is 10.6 Å². The van der Waals surface area contributed by atoms with Crippen molar-refractivity contribution >= 4 is 23.8 Å². The van der Waals surface area contributed by atoms with Crippen LogP contribution in [0.15, 0.2) is 48.5 Å². The van der Waals surface area contributed by atoms with Crippen LogP contribution >= 0.6 is 0 Å². The predicted molar refractivity (Wildman–Crippen MR) is 153 cm³/mol. The summed E-state index contributed by atoms with van der Waals surface area (Å²) >= 11 is 0. The molecule has 0 unspecified atom stereocenters. The first kappa shape index (κ1) is 29.2. The standard InChI is InChI=1S/C31H38N4O7/c1-2-16-35-28(37)24(10-6-7-15-32-30(39)40-20-22-8-4-3-5-9-22)33-29(38)31(35)13-17-34(18-14-31)27(36)23-11-12-25-26(19-23)42-21-41-25/h3-5,8-9,11-12,19,24H,2,6-7,10,13-18,20-21H2,1H3,(H,32,39)(H,33,38)/t24-/m0/s1. The van der Waals surface area contributed by atoms with E-state index in [4.69, 9.17) is 14.2 Å². The molecule has 5 rings (SSSR count). The summed E-state index contributed by atoms with van der Waals surface area (Å²) < 4.78 is 16.0. The molecule has 0 bridgehead atoms. The molecule has 0 aromatic heterocycles. The predicted octanol–water partition coefficient (Wildman–Crippen LogP) is 3.22. The topological polar surface area (TPSA) is 127 Å². The molecule has 42 heavy (non-hydrogen) atoms. The fourth-order valence-corrected chi connectivity index (χ4v) is 5.85. The van der Waals surface area contributed by atoms with Crippen LogP contribution in [0.25, 0.3) is 0 Å². The van der Waals surface area contributed by atoms with Crippen LogP contribution < -0.4 is 20.1 Å². The Morgan fingerprint density at radius 2 is 1.81 bits per heavy atom. The molecule has 11 heteroatoms. The van der Waals surface area contributed by atoms with E-state index >= 15 is 0 Å². The third kappa shape index (κ3) is 6.29. The summed E-state index contributed by atoms with van der Waals surface area (Å²) in [6.07, 6.45) is 2.78. The summed E-state index contributed by atoms with van der Waals surface area (Å²) in [6.45, 7) is 3.96. The molecule has 4 amide bonds. The SMILES string of the molecule is CCCN1C(=O)[C@H](CCCCNC(=O)OCc2ccccc2)NC(=O)C12CCN(C(=O)c1ccc3c(c1)OCO3)CC2. The van der Waals surface area contributed by atoms with E-state index in [0.29, 0.717) is 75.3 Å². The summed E-state index contributed by atoms with van der Waals surface area (Å²) in [6, 6.07) is 14.0. The van der Waals surface area contributed by atoms with Crippen molar-refractivity contribution in [3.05, 3.63) is 59.7 Å².